The summed E-state index contributed by atoms with van der Waals surface area (Å²) in [6.45, 7) is 3.99. The Labute approximate surface area is 96.6 Å². The van der Waals surface area contributed by atoms with Gasteiger partial charge in [-0.25, -0.2) is 4.79 Å². The maximum atomic E-state index is 10.5. The molecule has 0 aromatic heterocycles. The predicted octanol–water partition coefficient (Wildman–Crippen LogP) is 3.52. The van der Waals surface area contributed by atoms with Gasteiger partial charge in [0.25, 0.3) is 0 Å². The molecule has 2 heteroatoms. The summed E-state index contributed by atoms with van der Waals surface area (Å²) in [5.41, 5.74) is 3.07. The Morgan fingerprint density at radius 1 is 1.31 bits per heavy atom. The number of allylic oxidation sites excluding steroid dienone is 1. The van der Waals surface area contributed by atoms with Crippen LogP contribution in [0.4, 0.5) is 0 Å². The lowest BCUT2D eigenvalue weighted by Gasteiger charge is -2.03. The van der Waals surface area contributed by atoms with Crippen LogP contribution in [0.5, 0.6) is 0 Å². The zero-order valence-corrected chi connectivity index (χ0v) is 9.86. The highest BCUT2D eigenvalue weighted by Gasteiger charge is 1.99. The summed E-state index contributed by atoms with van der Waals surface area (Å²) in [5, 5.41) is 8.64. The number of carboxylic acid groups (broad SMARTS) is 1. The summed E-state index contributed by atoms with van der Waals surface area (Å²) in [4.78, 5) is 10.5. The van der Waals surface area contributed by atoms with Gasteiger partial charge in [0.05, 0.1) is 0 Å². The van der Waals surface area contributed by atoms with E-state index >= 15 is 0 Å². The average molecular weight is 218 g/mol. The topological polar surface area (TPSA) is 37.3 Å². The number of carbonyl (C=O) groups is 1. The Morgan fingerprint density at radius 2 is 1.94 bits per heavy atom. The molecule has 0 spiro atoms. The SMILES string of the molecule is CCCCc1ccc(/C(C)=C/C(=O)O)cc1. The molecule has 1 rings (SSSR count). The zero-order valence-electron chi connectivity index (χ0n) is 9.86. The highest BCUT2D eigenvalue weighted by Crippen LogP contribution is 2.15. The Bertz CT molecular complexity index is 374. The van der Waals surface area contributed by atoms with Crippen LogP contribution in [0.2, 0.25) is 0 Å². The highest BCUT2D eigenvalue weighted by atomic mass is 16.4. The number of benzene rings is 1. The van der Waals surface area contributed by atoms with E-state index in [0.29, 0.717) is 0 Å². The zero-order chi connectivity index (χ0) is 12.0. The molecule has 0 radical (unpaired) electrons. The van der Waals surface area contributed by atoms with Crippen LogP contribution in [-0.4, -0.2) is 11.1 Å². The van der Waals surface area contributed by atoms with Crippen molar-refractivity contribution in [3.63, 3.8) is 0 Å². The summed E-state index contributed by atoms with van der Waals surface area (Å²) >= 11 is 0. The van der Waals surface area contributed by atoms with Gasteiger partial charge >= 0.3 is 5.97 Å². The van der Waals surface area contributed by atoms with Gasteiger partial charge < -0.3 is 5.11 Å². The van der Waals surface area contributed by atoms with E-state index < -0.39 is 5.97 Å². The summed E-state index contributed by atoms with van der Waals surface area (Å²) in [7, 11) is 0. The average Bonchev–Trinajstić information content (AvgIpc) is 2.26. The molecule has 1 N–H and O–H groups in total. The molecule has 86 valence electrons. The molecule has 0 saturated carbocycles. The van der Waals surface area contributed by atoms with Gasteiger partial charge in [0.1, 0.15) is 0 Å². The minimum Gasteiger partial charge on any atom is -0.478 e. The number of unbranched alkanes of at least 4 members (excludes halogenated alkanes) is 1. The van der Waals surface area contributed by atoms with Crippen molar-refractivity contribution >= 4 is 11.5 Å². The number of aliphatic carboxylic acids is 1. The molecule has 0 aliphatic heterocycles. The van der Waals surface area contributed by atoms with Crippen LogP contribution in [0.1, 0.15) is 37.8 Å². The van der Waals surface area contributed by atoms with Crippen molar-refractivity contribution in [1.29, 1.82) is 0 Å². The quantitative estimate of drug-likeness (QED) is 0.768. The summed E-state index contributed by atoms with van der Waals surface area (Å²) < 4.78 is 0. The third kappa shape index (κ3) is 3.89. The first-order valence-corrected chi connectivity index (χ1v) is 5.64. The van der Waals surface area contributed by atoms with Crippen molar-refractivity contribution in [3.05, 3.63) is 41.5 Å². The molecule has 0 bridgehead atoms. The van der Waals surface area contributed by atoms with Crippen molar-refractivity contribution in [3.8, 4) is 0 Å². The lowest BCUT2D eigenvalue weighted by molar-refractivity contribution is -0.131. The second kappa shape index (κ2) is 6.11. The molecule has 0 fully saturated rings. The van der Waals surface area contributed by atoms with E-state index in [1.165, 1.54) is 24.5 Å². The van der Waals surface area contributed by atoms with Gasteiger partial charge in [-0.3, -0.25) is 0 Å². The van der Waals surface area contributed by atoms with Gasteiger partial charge in [-0.1, -0.05) is 37.6 Å². The van der Waals surface area contributed by atoms with Crippen molar-refractivity contribution in [2.24, 2.45) is 0 Å². The van der Waals surface area contributed by atoms with E-state index in [1.807, 2.05) is 19.1 Å². The molecule has 0 unspecified atom stereocenters. The molecule has 1 aromatic carbocycles. The predicted molar refractivity (Wildman–Crippen MR) is 66.3 cm³/mol. The lowest BCUT2D eigenvalue weighted by Crippen LogP contribution is -1.91. The normalized spacial score (nSPS) is 11.5. The monoisotopic (exact) mass is 218 g/mol. The summed E-state index contributed by atoms with van der Waals surface area (Å²) in [6.07, 6.45) is 4.72. The van der Waals surface area contributed by atoms with Gasteiger partial charge in [0, 0.05) is 6.08 Å². The molecule has 1 aromatic rings. The van der Waals surface area contributed by atoms with Crippen molar-refractivity contribution in [2.75, 3.05) is 0 Å². The van der Waals surface area contributed by atoms with Crippen LogP contribution < -0.4 is 0 Å². The fourth-order valence-electron chi connectivity index (χ4n) is 1.58. The van der Waals surface area contributed by atoms with E-state index in [9.17, 15) is 4.79 Å². The fourth-order valence-corrected chi connectivity index (χ4v) is 1.58. The van der Waals surface area contributed by atoms with Crippen LogP contribution >= 0.6 is 0 Å². The van der Waals surface area contributed by atoms with Gasteiger partial charge in [-0.05, 0) is 36.5 Å². The molecule has 0 heterocycles. The van der Waals surface area contributed by atoms with Crippen molar-refractivity contribution < 1.29 is 9.90 Å². The number of hydrogen-bond acceptors (Lipinski definition) is 1. The van der Waals surface area contributed by atoms with Crippen molar-refractivity contribution in [1.82, 2.24) is 0 Å². The highest BCUT2D eigenvalue weighted by molar-refractivity contribution is 5.89. The van der Waals surface area contributed by atoms with Gasteiger partial charge in [0.15, 0.2) is 0 Å². The van der Waals surface area contributed by atoms with E-state index in [2.05, 4.69) is 19.1 Å². The molecular formula is C14H18O2. The third-order valence-corrected chi connectivity index (χ3v) is 2.57. The first kappa shape index (κ1) is 12.5. The number of hydrogen-bond donors (Lipinski definition) is 1. The van der Waals surface area contributed by atoms with E-state index in [1.54, 1.807) is 0 Å². The standard InChI is InChI=1S/C14H18O2/c1-3-4-5-12-6-8-13(9-7-12)11(2)10-14(15)16/h6-10H,3-5H2,1-2H3,(H,15,16)/b11-10+. The molecule has 2 nitrogen and oxygen atoms in total. The maximum absolute atomic E-state index is 10.5. The molecule has 0 aliphatic rings. The molecule has 16 heavy (non-hydrogen) atoms. The van der Waals surface area contributed by atoms with Gasteiger partial charge in [-0.2, -0.15) is 0 Å². The minimum absolute atomic E-state index is 0.787. The Morgan fingerprint density at radius 3 is 2.44 bits per heavy atom. The first-order chi connectivity index (χ1) is 7.63. The minimum atomic E-state index is -0.896. The van der Waals surface area contributed by atoms with Gasteiger partial charge in [-0.15, -0.1) is 0 Å². The molecular weight excluding hydrogens is 200 g/mol. The van der Waals surface area contributed by atoms with Crippen LogP contribution in [0.15, 0.2) is 30.3 Å². The van der Waals surface area contributed by atoms with Crippen LogP contribution in [0.3, 0.4) is 0 Å². The number of rotatable bonds is 5. The summed E-state index contributed by atoms with van der Waals surface area (Å²) in [5.74, 6) is -0.896. The first-order valence-electron chi connectivity index (χ1n) is 5.64. The Balaban J connectivity index is 2.74. The molecule has 0 amide bonds. The lowest BCUT2D eigenvalue weighted by atomic mass is 10.0. The largest absolute Gasteiger partial charge is 0.478 e. The summed E-state index contributed by atoms with van der Waals surface area (Å²) in [6, 6.07) is 8.12. The number of carboxylic acids is 1. The van der Waals surface area contributed by atoms with E-state index in [0.717, 1.165) is 17.6 Å². The second-order valence-corrected chi connectivity index (χ2v) is 3.97. The second-order valence-electron chi connectivity index (χ2n) is 3.97. The van der Waals surface area contributed by atoms with E-state index in [4.69, 9.17) is 5.11 Å². The molecule has 0 atom stereocenters. The molecule has 0 saturated heterocycles. The maximum Gasteiger partial charge on any atom is 0.328 e. The van der Waals surface area contributed by atoms with Gasteiger partial charge in [0.2, 0.25) is 0 Å². The fraction of sp³-hybridized carbons (Fsp3) is 0.357. The van der Waals surface area contributed by atoms with E-state index in [-0.39, 0.29) is 0 Å². The van der Waals surface area contributed by atoms with Crippen LogP contribution in [0, 0.1) is 0 Å². The Kier molecular flexibility index (Phi) is 4.77. The van der Waals surface area contributed by atoms with Crippen LogP contribution in [-0.2, 0) is 11.2 Å². The Hall–Kier alpha value is -1.57. The smallest absolute Gasteiger partial charge is 0.328 e. The third-order valence-electron chi connectivity index (χ3n) is 2.57. The van der Waals surface area contributed by atoms with Crippen LogP contribution in [0.25, 0.3) is 5.57 Å². The van der Waals surface area contributed by atoms with Crippen molar-refractivity contribution in [2.45, 2.75) is 33.1 Å². The number of aryl methyl sites for hydroxylation is 1. The molecule has 0 aliphatic carbocycles.